The first-order valence-electron chi connectivity index (χ1n) is 9.76. The predicted octanol–water partition coefficient (Wildman–Crippen LogP) is 3.60. The predicted molar refractivity (Wildman–Crippen MR) is 114 cm³/mol. The van der Waals surface area contributed by atoms with Gasteiger partial charge in [-0.15, -0.1) is 0 Å². The summed E-state index contributed by atoms with van der Waals surface area (Å²) in [6, 6.07) is 7.80. The van der Waals surface area contributed by atoms with Gasteiger partial charge < -0.3 is 14.3 Å². The third kappa shape index (κ3) is 5.20. The van der Waals surface area contributed by atoms with E-state index in [0.29, 0.717) is 18.8 Å². The van der Waals surface area contributed by atoms with Gasteiger partial charge in [0.1, 0.15) is 23.7 Å². The van der Waals surface area contributed by atoms with E-state index in [0.717, 1.165) is 22.6 Å². The number of aromatic nitrogens is 2. The number of hydrogen-bond donors (Lipinski definition) is 0. The van der Waals surface area contributed by atoms with E-state index in [1.165, 1.54) is 0 Å². The Labute approximate surface area is 176 Å². The Kier molecular flexibility index (Phi) is 6.44. The number of carbonyl (C=O) groups is 1. The van der Waals surface area contributed by atoms with Crippen molar-refractivity contribution in [2.45, 2.75) is 39.5 Å². The van der Waals surface area contributed by atoms with Crippen LogP contribution in [0.4, 0.5) is 4.79 Å². The van der Waals surface area contributed by atoms with Gasteiger partial charge in [-0.05, 0) is 38.5 Å². The molecule has 0 saturated carbocycles. The molecule has 1 aliphatic rings. The fourth-order valence-electron chi connectivity index (χ4n) is 3.06. The topological polar surface area (TPSA) is 78.2 Å². The van der Waals surface area contributed by atoms with Crippen LogP contribution in [0.2, 0.25) is 0 Å². The summed E-state index contributed by atoms with van der Waals surface area (Å²) in [5.41, 5.74) is 2.86. The van der Waals surface area contributed by atoms with Crippen molar-refractivity contribution >= 4 is 11.8 Å². The maximum absolute atomic E-state index is 12.7. The molecular weight excluding hydrogens is 384 g/mol. The summed E-state index contributed by atoms with van der Waals surface area (Å²) in [7, 11) is 1.64. The van der Waals surface area contributed by atoms with Gasteiger partial charge in [-0.25, -0.2) is 4.79 Å². The smallest absolute Gasteiger partial charge is 0.410 e. The summed E-state index contributed by atoms with van der Waals surface area (Å²) >= 11 is 0. The van der Waals surface area contributed by atoms with Crippen LogP contribution in [0.5, 0.6) is 5.75 Å². The maximum atomic E-state index is 12.7. The monoisotopic (exact) mass is 412 g/mol. The molecule has 1 aromatic carbocycles. The van der Waals surface area contributed by atoms with Gasteiger partial charge in [0.05, 0.1) is 38.6 Å². The van der Waals surface area contributed by atoms with E-state index in [9.17, 15) is 4.79 Å². The van der Waals surface area contributed by atoms with Crippen molar-refractivity contribution < 1.29 is 19.1 Å². The highest BCUT2D eigenvalue weighted by Crippen LogP contribution is 2.23. The molecule has 2 aromatic rings. The molecule has 0 aliphatic carbocycles. The molecule has 0 bridgehead atoms. The second-order valence-corrected chi connectivity index (χ2v) is 7.97. The van der Waals surface area contributed by atoms with Gasteiger partial charge in [-0.2, -0.15) is 5.10 Å². The van der Waals surface area contributed by atoms with Crippen molar-refractivity contribution in [3.05, 3.63) is 59.9 Å². The zero-order valence-electron chi connectivity index (χ0n) is 17.9. The van der Waals surface area contributed by atoms with E-state index >= 15 is 0 Å². The molecule has 30 heavy (non-hydrogen) atoms. The van der Waals surface area contributed by atoms with Crippen LogP contribution in [0.15, 0.2) is 48.3 Å². The minimum atomic E-state index is -0.586. The highest BCUT2D eigenvalue weighted by atomic mass is 16.6. The second-order valence-electron chi connectivity index (χ2n) is 7.97. The van der Waals surface area contributed by atoms with Crippen LogP contribution in [-0.2, 0) is 22.7 Å². The number of benzene rings is 1. The minimum absolute atomic E-state index is 0.283. The normalized spacial score (nSPS) is 14.9. The van der Waals surface area contributed by atoms with Crippen LogP contribution in [0.3, 0.4) is 0 Å². The van der Waals surface area contributed by atoms with Gasteiger partial charge in [-0.1, -0.05) is 29.9 Å². The molecule has 0 saturated heterocycles. The van der Waals surface area contributed by atoms with Gasteiger partial charge in [0.2, 0.25) is 0 Å². The molecule has 3 rings (SSSR count). The van der Waals surface area contributed by atoms with Crippen LogP contribution < -0.4 is 4.74 Å². The third-order valence-corrected chi connectivity index (χ3v) is 4.45. The minimum Gasteiger partial charge on any atom is -0.497 e. The lowest BCUT2D eigenvalue weighted by Crippen LogP contribution is -2.43. The lowest BCUT2D eigenvalue weighted by molar-refractivity contribution is 0.0253. The molecule has 0 spiro atoms. The summed E-state index contributed by atoms with van der Waals surface area (Å²) < 4.78 is 12.6. The van der Waals surface area contributed by atoms with Gasteiger partial charge in [0, 0.05) is 5.56 Å². The van der Waals surface area contributed by atoms with Crippen molar-refractivity contribution in [1.82, 2.24) is 14.7 Å². The fourth-order valence-corrected chi connectivity index (χ4v) is 3.06. The zero-order chi connectivity index (χ0) is 21.7. The second kappa shape index (κ2) is 9.02. The van der Waals surface area contributed by atoms with Crippen molar-refractivity contribution in [1.29, 1.82) is 0 Å². The summed E-state index contributed by atoms with van der Waals surface area (Å²) in [6.07, 6.45) is 2.98. The van der Waals surface area contributed by atoms with E-state index in [1.807, 2.05) is 49.7 Å². The van der Waals surface area contributed by atoms with Crippen molar-refractivity contribution in [2.24, 2.45) is 5.16 Å². The lowest BCUT2D eigenvalue weighted by atomic mass is 10.1. The van der Waals surface area contributed by atoms with Crippen LogP contribution >= 0.6 is 0 Å². The van der Waals surface area contributed by atoms with Crippen LogP contribution in [-0.4, -0.2) is 52.3 Å². The average Bonchev–Trinajstić information content (AvgIpc) is 3.10. The highest BCUT2D eigenvalue weighted by molar-refractivity contribution is 6.04. The highest BCUT2D eigenvalue weighted by Gasteiger charge is 2.32. The van der Waals surface area contributed by atoms with Crippen molar-refractivity contribution in [3.63, 3.8) is 0 Å². The lowest BCUT2D eigenvalue weighted by Gasteiger charge is -2.30. The summed E-state index contributed by atoms with van der Waals surface area (Å²) in [5.74, 6) is 0.797. The Hall–Kier alpha value is -3.29. The fraction of sp³-hybridized carbons (Fsp3) is 0.409. The zero-order valence-corrected chi connectivity index (χ0v) is 17.9. The number of ether oxygens (including phenoxy) is 2. The average molecular weight is 412 g/mol. The Morgan fingerprint density at radius 3 is 2.63 bits per heavy atom. The van der Waals surface area contributed by atoms with Crippen LogP contribution in [0, 0.1) is 0 Å². The number of rotatable bonds is 6. The summed E-state index contributed by atoms with van der Waals surface area (Å²) in [5, 5.41) is 8.75. The van der Waals surface area contributed by atoms with E-state index < -0.39 is 11.7 Å². The standard InChI is InChI=1S/C22H28N4O4/c1-6-11-29-24-19-14-25(21(27)30-22(2,3)4)15-20-18(19)12-23-26(20)13-16-7-9-17(28-5)10-8-16/h6-10,12H,1,11,13-15H2,2-5H3. The molecule has 0 N–H and O–H groups in total. The Morgan fingerprint density at radius 2 is 2.00 bits per heavy atom. The SMILES string of the molecule is C=CCON=C1CN(C(=O)OC(C)(C)C)Cc2c1cnn2Cc1ccc(OC)cc1. The van der Waals surface area contributed by atoms with E-state index in [1.54, 1.807) is 24.3 Å². The number of oxime groups is 1. The van der Waals surface area contributed by atoms with Crippen LogP contribution in [0.25, 0.3) is 0 Å². The Morgan fingerprint density at radius 1 is 1.27 bits per heavy atom. The molecule has 1 amide bonds. The number of amides is 1. The molecule has 2 heterocycles. The molecule has 1 aromatic heterocycles. The number of carbonyl (C=O) groups excluding carboxylic acids is 1. The number of fused-ring (bicyclic) bond motifs is 1. The Balaban J connectivity index is 1.88. The maximum Gasteiger partial charge on any atom is 0.410 e. The van der Waals surface area contributed by atoms with Gasteiger partial charge in [-0.3, -0.25) is 9.58 Å². The van der Waals surface area contributed by atoms with E-state index in [-0.39, 0.29) is 13.2 Å². The van der Waals surface area contributed by atoms with Crippen molar-refractivity contribution in [2.75, 3.05) is 20.3 Å². The first-order chi connectivity index (χ1) is 14.3. The molecule has 0 radical (unpaired) electrons. The molecule has 0 fully saturated rings. The summed E-state index contributed by atoms with van der Waals surface area (Å²) in [6.45, 7) is 10.7. The van der Waals surface area contributed by atoms with Gasteiger partial charge >= 0.3 is 6.09 Å². The first kappa shape index (κ1) is 21.4. The Bertz CT molecular complexity index is 926. The number of methoxy groups -OCH3 is 1. The largest absolute Gasteiger partial charge is 0.497 e. The quantitative estimate of drug-likeness (QED) is 0.412. The molecule has 0 atom stereocenters. The van der Waals surface area contributed by atoms with Crippen molar-refractivity contribution in [3.8, 4) is 5.75 Å². The molecule has 8 nitrogen and oxygen atoms in total. The third-order valence-electron chi connectivity index (χ3n) is 4.45. The molecule has 1 aliphatic heterocycles. The molecule has 160 valence electrons. The van der Waals surface area contributed by atoms with E-state index in [2.05, 4.69) is 16.8 Å². The number of nitrogens with zero attached hydrogens (tertiary/aromatic N) is 4. The van der Waals surface area contributed by atoms with E-state index in [4.69, 9.17) is 14.3 Å². The molecule has 0 unspecified atom stereocenters. The molecule has 8 heteroatoms. The first-order valence-corrected chi connectivity index (χ1v) is 9.76. The van der Waals surface area contributed by atoms with Crippen LogP contribution in [0.1, 0.15) is 37.6 Å². The molecular formula is C22H28N4O4. The summed E-state index contributed by atoms with van der Waals surface area (Å²) in [4.78, 5) is 19.6. The van der Waals surface area contributed by atoms with Gasteiger partial charge in [0.25, 0.3) is 0 Å². The number of hydrogen-bond acceptors (Lipinski definition) is 6. The van der Waals surface area contributed by atoms with Gasteiger partial charge in [0.15, 0.2) is 0 Å².